The lowest BCUT2D eigenvalue weighted by atomic mass is 9.48. The minimum Gasteiger partial charge on any atom is -0.493 e. The lowest BCUT2D eigenvalue weighted by molar-refractivity contribution is -0.221. The van der Waals surface area contributed by atoms with Gasteiger partial charge in [-0.05, 0) is 75.4 Å². The fraction of sp³-hybridized carbons (Fsp3) is 0.529. The van der Waals surface area contributed by atoms with Gasteiger partial charge in [0, 0.05) is 25.1 Å². The molecule has 2 bridgehead atoms. The summed E-state index contributed by atoms with van der Waals surface area (Å²) in [5, 5.41) is 0. The number of ether oxygens (including phenoxy) is 3. The molecule has 41 heavy (non-hydrogen) atoms. The molecule has 2 aromatic rings. The molecule has 2 aliphatic heterocycles. The molecule has 7 heteroatoms. The number of amides is 1. The van der Waals surface area contributed by atoms with Crippen LogP contribution < -0.4 is 9.47 Å². The van der Waals surface area contributed by atoms with E-state index in [-0.39, 0.29) is 36.0 Å². The fourth-order valence-corrected chi connectivity index (χ4v) is 8.45. The van der Waals surface area contributed by atoms with Crippen LogP contribution in [0.5, 0.6) is 11.5 Å². The zero-order valence-electron chi connectivity index (χ0n) is 25.1. The number of carbonyl (C=O) groups is 2. The number of rotatable bonds is 7. The summed E-state index contributed by atoms with van der Waals surface area (Å²) < 4.78 is 19.3. The highest BCUT2D eigenvalue weighted by Crippen LogP contribution is 2.67. The van der Waals surface area contributed by atoms with Gasteiger partial charge < -0.3 is 19.1 Å². The second kappa shape index (κ2) is 10.2. The van der Waals surface area contributed by atoms with Crippen molar-refractivity contribution >= 4 is 18.0 Å². The van der Waals surface area contributed by atoms with Gasteiger partial charge in [0.05, 0.1) is 24.6 Å². The van der Waals surface area contributed by atoms with Crippen molar-refractivity contribution in [3.05, 3.63) is 64.7 Å². The quantitative estimate of drug-likeness (QED) is 0.355. The third-order valence-electron chi connectivity index (χ3n) is 9.89. The Morgan fingerprint density at radius 3 is 2.73 bits per heavy atom. The van der Waals surface area contributed by atoms with E-state index >= 15 is 0 Å². The molecule has 1 amide bonds. The monoisotopic (exact) mass is 558 g/mol. The second-order valence-electron chi connectivity index (χ2n) is 12.8. The number of nitrogens with zero attached hydrogens (tertiary/aromatic N) is 2. The van der Waals surface area contributed by atoms with Gasteiger partial charge in [-0.3, -0.25) is 14.5 Å². The van der Waals surface area contributed by atoms with Gasteiger partial charge in [0.25, 0.3) is 0 Å². The van der Waals surface area contributed by atoms with Crippen molar-refractivity contribution in [3.63, 3.8) is 0 Å². The molecule has 2 aromatic carbocycles. The Labute approximate surface area is 243 Å². The molecule has 1 spiro atoms. The van der Waals surface area contributed by atoms with Crippen LogP contribution in [0.15, 0.2) is 42.5 Å². The van der Waals surface area contributed by atoms with Gasteiger partial charge >= 0.3 is 5.97 Å². The topological polar surface area (TPSA) is 68.3 Å². The third-order valence-corrected chi connectivity index (χ3v) is 9.89. The van der Waals surface area contributed by atoms with Crippen molar-refractivity contribution in [1.29, 1.82) is 0 Å². The number of likely N-dealkylation sites (tertiary alicyclic amines) is 1. The molecular weight excluding hydrogens is 516 g/mol. The van der Waals surface area contributed by atoms with Crippen LogP contribution in [-0.4, -0.2) is 72.7 Å². The molecule has 0 aromatic heterocycles. The van der Waals surface area contributed by atoms with Gasteiger partial charge in [-0.25, -0.2) is 0 Å². The van der Waals surface area contributed by atoms with E-state index < -0.39 is 11.0 Å². The first-order valence-electron chi connectivity index (χ1n) is 14.9. The van der Waals surface area contributed by atoms with Gasteiger partial charge in [0.2, 0.25) is 5.91 Å². The summed E-state index contributed by atoms with van der Waals surface area (Å²) >= 11 is 0. The van der Waals surface area contributed by atoms with E-state index in [0.717, 1.165) is 41.8 Å². The molecule has 7 nitrogen and oxygen atoms in total. The van der Waals surface area contributed by atoms with Crippen LogP contribution in [-0.2, 0) is 26.2 Å². The number of methoxy groups -OCH3 is 1. The lowest BCUT2D eigenvalue weighted by Gasteiger charge is -2.65. The summed E-state index contributed by atoms with van der Waals surface area (Å²) in [5.41, 5.74) is 3.22. The first-order chi connectivity index (χ1) is 19.6. The van der Waals surface area contributed by atoms with Gasteiger partial charge in [0.1, 0.15) is 11.7 Å². The molecule has 0 N–H and O–H groups in total. The highest BCUT2D eigenvalue weighted by atomic mass is 16.6. The number of aryl methyl sites for hydroxylation is 1. The van der Waals surface area contributed by atoms with E-state index in [0.29, 0.717) is 25.1 Å². The second-order valence-corrected chi connectivity index (χ2v) is 12.8. The predicted octanol–water partition coefficient (Wildman–Crippen LogP) is 4.92. The molecule has 1 saturated carbocycles. The van der Waals surface area contributed by atoms with Gasteiger partial charge in [0.15, 0.2) is 11.5 Å². The van der Waals surface area contributed by atoms with E-state index in [1.54, 1.807) is 13.2 Å². The van der Waals surface area contributed by atoms with Crippen LogP contribution in [0.2, 0.25) is 0 Å². The number of hydrogen-bond donors (Lipinski definition) is 0. The van der Waals surface area contributed by atoms with E-state index in [2.05, 4.69) is 50.9 Å². The van der Waals surface area contributed by atoms with Gasteiger partial charge in [-0.15, -0.1) is 0 Å². The summed E-state index contributed by atoms with van der Waals surface area (Å²) in [6.07, 6.45) is 6.18. The smallest absolute Gasteiger partial charge is 0.303 e. The molecule has 4 aliphatic rings. The number of carbonyl (C=O) groups excluding carboxylic acids is 2. The normalized spacial score (nSPS) is 29.7. The van der Waals surface area contributed by atoms with Crippen molar-refractivity contribution in [3.8, 4) is 11.5 Å². The van der Waals surface area contributed by atoms with Crippen molar-refractivity contribution < 1.29 is 23.8 Å². The molecule has 218 valence electrons. The molecule has 5 atom stereocenters. The van der Waals surface area contributed by atoms with Crippen LogP contribution in [0, 0.1) is 12.8 Å². The van der Waals surface area contributed by atoms with Crippen LogP contribution >= 0.6 is 0 Å². The minimum absolute atomic E-state index is 0.0198. The fourth-order valence-electron chi connectivity index (χ4n) is 8.45. The highest BCUT2D eigenvalue weighted by Gasteiger charge is 2.75. The average molecular weight is 559 g/mol. The molecule has 2 heterocycles. The lowest BCUT2D eigenvalue weighted by Crippen LogP contribution is -2.79. The number of piperidine rings is 1. The first-order valence-corrected chi connectivity index (χ1v) is 14.9. The Bertz CT molecular complexity index is 1400. The molecule has 1 saturated heterocycles. The molecule has 2 unspecified atom stereocenters. The average Bonchev–Trinajstić information content (AvgIpc) is 3.28. The zero-order chi connectivity index (χ0) is 29.1. The number of esters is 1. The summed E-state index contributed by atoms with van der Waals surface area (Å²) in [6.45, 7) is 9.34. The molecule has 2 aliphatic carbocycles. The van der Waals surface area contributed by atoms with Crippen LogP contribution in [0.25, 0.3) is 6.08 Å². The first kappa shape index (κ1) is 27.8. The van der Waals surface area contributed by atoms with Crippen molar-refractivity contribution in [2.75, 3.05) is 27.2 Å². The van der Waals surface area contributed by atoms with Crippen LogP contribution in [0.1, 0.15) is 62.3 Å². The summed E-state index contributed by atoms with van der Waals surface area (Å²) in [7, 11) is 3.81. The third kappa shape index (κ3) is 4.18. The maximum absolute atomic E-state index is 14.0. The number of benzene rings is 2. The van der Waals surface area contributed by atoms with Gasteiger partial charge in [-0.1, -0.05) is 49.7 Å². The van der Waals surface area contributed by atoms with Crippen molar-refractivity contribution in [2.45, 2.75) is 82.6 Å². The SMILES string of the molecule is COc1ccc2c3c1OC1C(N(CC(C)C)C(=O)/C=C/c4cccc(C)c4)CC[C@@]4(OC(C)=O)[C@@H](C2)N(C)CC[C@]314. The summed E-state index contributed by atoms with van der Waals surface area (Å²) in [5.74, 6) is 1.44. The molecule has 6 rings (SSSR count). The summed E-state index contributed by atoms with van der Waals surface area (Å²) in [6, 6.07) is 12.2. The van der Waals surface area contributed by atoms with E-state index in [1.807, 2.05) is 29.2 Å². The number of likely N-dealkylation sites (N-methyl/N-ethyl adjacent to an activating group) is 1. The Morgan fingerprint density at radius 2 is 2.02 bits per heavy atom. The van der Waals surface area contributed by atoms with E-state index in [1.165, 1.54) is 12.5 Å². The molecular formula is C34H42N2O5. The van der Waals surface area contributed by atoms with Crippen molar-refractivity contribution in [2.24, 2.45) is 5.92 Å². The van der Waals surface area contributed by atoms with Crippen molar-refractivity contribution in [1.82, 2.24) is 9.80 Å². The Kier molecular flexibility index (Phi) is 6.92. The number of hydrogen-bond acceptors (Lipinski definition) is 6. The van der Waals surface area contributed by atoms with Gasteiger partial charge in [-0.2, -0.15) is 0 Å². The molecule has 0 radical (unpaired) electrons. The predicted molar refractivity (Wildman–Crippen MR) is 158 cm³/mol. The maximum atomic E-state index is 14.0. The Hall–Kier alpha value is -3.32. The zero-order valence-corrected chi connectivity index (χ0v) is 25.1. The van der Waals surface area contributed by atoms with Crippen LogP contribution in [0.3, 0.4) is 0 Å². The van der Waals surface area contributed by atoms with E-state index in [9.17, 15) is 9.59 Å². The Morgan fingerprint density at radius 1 is 1.22 bits per heavy atom. The van der Waals surface area contributed by atoms with Crippen LogP contribution in [0.4, 0.5) is 0 Å². The maximum Gasteiger partial charge on any atom is 0.303 e. The Balaban J connectivity index is 1.47. The minimum atomic E-state index is -0.735. The summed E-state index contributed by atoms with van der Waals surface area (Å²) in [4.78, 5) is 31.2. The van der Waals surface area contributed by atoms with E-state index in [4.69, 9.17) is 14.2 Å². The standard InChI is InChI=1S/C34H42N2O5/c1-21(2)20-36(29(38)13-10-24-9-7-8-22(3)18-24)26-14-15-34(41-23(4)37)28-19-25-11-12-27(39-6)31-30(25)33(34,32(26)40-31)16-17-35(28)5/h7-13,18,21,26,28,32H,14-17,19-20H2,1-6H3/b13-10+/t26?,28-,32?,33+,34-/m1/s1. The highest BCUT2D eigenvalue weighted by molar-refractivity contribution is 5.92. The molecule has 2 fully saturated rings. The largest absolute Gasteiger partial charge is 0.493 e.